The molecule has 0 radical (unpaired) electrons. The Hall–Kier alpha value is -0.640. The third-order valence-electron chi connectivity index (χ3n) is 2.28. The summed E-state index contributed by atoms with van der Waals surface area (Å²) < 4.78 is 1.95. The molecule has 0 fully saturated rings. The Balaban J connectivity index is 1.88. The Morgan fingerprint density at radius 3 is 2.76 bits per heavy atom. The van der Waals surface area contributed by atoms with Crippen molar-refractivity contribution in [2.24, 2.45) is 4.99 Å². The van der Waals surface area contributed by atoms with Gasteiger partial charge in [-0.05, 0) is 30.2 Å². The maximum Gasteiger partial charge on any atom is 0.0935 e. The normalized spacial score (nSPS) is 11.2. The number of hydrogen-bond donors (Lipinski definition) is 0. The fourth-order valence-corrected chi connectivity index (χ4v) is 2.88. The fourth-order valence-electron chi connectivity index (χ4n) is 1.44. The standard InChI is InChI=1S/C13H11BrClNS/c14-12-4-2-1-3-10(12)7-8-16-9-11-5-6-13(15)17-11/h1-6,9H,7-8H2. The molecular weight excluding hydrogens is 318 g/mol. The topological polar surface area (TPSA) is 12.4 Å². The minimum atomic E-state index is 0.790. The maximum absolute atomic E-state index is 5.84. The first kappa shape index (κ1) is 12.8. The quantitative estimate of drug-likeness (QED) is 0.713. The molecule has 0 amide bonds. The van der Waals surface area contributed by atoms with Gasteiger partial charge in [-0.3, -0.25) is 4.99 Å². The van der Waals surface area contributed by atoms with E-state index in [1.165, 1.54) is 5.56 Å². The third-order valence-corrected chi connectivity index (χ3v) is 4.22. The number of rotatable bonds is 4. The monoisotopic (exact) mass is 327 g/mol. The van der Waals surface area contributed by atoms with Crippen LogP contribution < -0.4 is 0 Å². The molecule has 0 atom stereocenters. The lowest BCUT2D eigenvalue weighted by molar-refractivity contribution is 0.968. The van der Waals surface area contributed by atoms with Crippen LogP contribution in [0.1, 0.15) is 10.4 Å². The van der Waals surface area contributed by atoms with Gasteiger partial charge >= 0.3 is 0 Å². The molecule has 0 unspecified atom stereocenters. The van der Waals surface area contributed by atoms with E-state index in [0.29, 0.717) is 0 Å². The molecular formula is C13H11BrClNS. The van der Waals surface area contributed by atoms with Crippen LogP contribution in [0.3, 0.4) is 0 Å². The molecule has 0 saturated carbocycles. The first-order valence-electron chi connectivity index (χ1n) is 5.24. The van der Waals surface area contributed by atoms with Crippen molar-refractivity contribution in [3.8, 4) is 0 Å². The smallest absolute Gasteiger partial charge is 0.0935 e. The molecule has 1 aromatic heterocycles. The zero-order chi connectivity index (χ0) is 12.1. The lowest BCUT2D eigenvalue weighted by Crippen LogP contribution is -1.91. The van der Waals surface area contributed by atoms with Crippen LogP contribution >= 0.6 is 38.9 Å². The SMILES string of the molecule is Clc1ccc(C=NCCc2ccccc2Br)s1. The molecule has 2 rings (SSSR count). The van der Waals surface area contributed by atoms with Gasteiger partial charge in [0.25, 0.3) is 0 Å². The summed E-state index contributed by atoms with van der Waals surface area (Å²) in [5.41, 5.74) is 1.29. The zero-order valence-electron chi connectivity index (χ0n) is 9.07. The first-order valence-corrected chi connectivity index (χ1v) is 7.23. The summed E-state index contributed by atoms with van der Waals surface area (Å²) >= 11 is 10.9. The number of thiophene rings is 1. The van der Waals surface area contributed by atoms with Gasteiger partial charge in [-0.15, -0.1) is 11.3 Å². The number of nitrogens with zero attached hydrogens (tertiary/aromatic N) is 1. The third kappa shape index (κ3) is 3.95. The molecule has 88 valence electrons. The van der Waals surface area contributed by atoms with E-state index >= 15 is 0 Å². The van der Waals surface area contributed by atoms with Crippen LogP contribution in [0.5, 0.6) is 0 Å². The molecule has 0 aliphatic heterocycles. The molecule has 0 aliphatic rings. The molecule has 0 bridgehead atoms. The predicted octanol–water partition coefficient (Wildman–Crippen LogP) is 4.83. The minimum absolute atomic E-state index is 0.790. The van der Waals surface area contributed by atoms with Gasteiger partial charge in [0, 0.05) is 22.1 Å². The van der Waals surface area contributed by atoms with E-state index in [0.717, 1.165) is 26.7 Å². The highest BCUT2D eigenvalue weighted by Crippen LogP contribution is 2.20. The van der Waals surface area contributed by atoms with Crippen LogP contribution in [0.2, 0.25) is 4.34 Å². The van der Waals surface area contributed by atoms with Crippen LogP contribution in [-0.2, 0) is 6.42 Å². The number of hydrogen-bond acceptors (Lipinski definition) is 2. The van der Waals surface area contributed by atoms with Crippen molar-refractivity contribution in [3.05, 3.63) is 55.6 Å². The van der Waals surface area contributed by atoms with E-state index in [9.17, 15) is 0 Å². The molecule has 4 heteroatoms. The van der Waals surface area contributed by atoms with Crippen molar-refractivity contribution in [1.29, 1.82) is 0 Å². The van der Waals surface area contributed by atoms with E-state index in [1.54, 1.807) is 11.3 Å². The van der Waals surface area contributed by atoms with Gasteiger partial charge in [-0.1, -0.05) is 45.7 Å². The number of benzene rings is 1. The Morgan fingerprint density at radius 1 is 1.24 bits per heavy atom. The lowest BCUT2D eigenvalue weighted by atomic mass is 10.1. The van der Waals surface area contributed by atoms with Crippen molar-refractivity contribution in [2.75, 3.05) is 6.54 Å². The second-order valence-electron chi connectivity index (χ2n) is 3.52. The highest BCUT2D eigenvalue weighted by molar-refractivity contribution is 9.10. The summed E-state index contributed by atoms with van der Waals surface area (Å²) in [4.78, 5) is 5.50. The molecule has 0 aliphatic carbocycles. The second kappa shape index (κ2) is 6.34. The number of halogens is 2. The average Bonchev–Trinajstić information content (AvgIpc) is 2.73. The van der Waals surface area contributed by atoms with Crippen LogP contribution in [0.4, 0.5) is 0 Å². The van der Waals surface area contributed by atoms with Crippen molar-refractivity contribution in [1.82, 2.24) is 0 Å². The van der Waals surface area contributed by atoms with E-state index in [4.69, 9.17) is 11.6 Å². The molecule has 0 saturated heterocycles. The summed E-state index contributed by atoms with van der Waals surface area (Å²) in [5, 5.41) is 0. The van der Waals surface area contributed by atoms with Gasteiger partial charge in [0.05, 0.1) is 4.34 Å². The molecule has 0 N–H and O–H groups in total. The summed E-state index contributed by atoms with van der Waals surface area (Å²) in [6, 6.07) is 12.1. The molecule has 1 heterocycles. The van der Waals surface area contributed by atoms with Crippen LogP contribution in [0, 0.1) is 0 Å². The Labute approximate surface area is 118 Å². The van der Waals surface area contributed by atoms with Crippen molar-refractivity contribution in [2.45, 2.75) is 6.42 Å². The van der Waals surface area contributed by atoms with Gasteiger partial charge in [0.1, 0.15) is 0 Å². The highest BCUT2D eigenvalue weighted by Gasteiger charge is 1.97. The van der Waals surface area contributed by atoms with E-state index in [-0.39, 0.29) is 0 Å². The fraction of sp³-hybridized carbons (Fsp3) is 0.154. The van der Waals surface area contributed by atoms with E-state index in [1.807, 2.05) is 30.5 Å². The van der Waals surface area contributed by atoms with E-state index < -0.39 is 0 Å². The van der Waals surface area contributed by atoms with E-state index in [2.05, 4.69) is 33.1 Å². The lowest BCUT2D eigenvalue weighted by Gasteiger charge is -2.00. The summed E-state index contributed by atoms with van der Waals surface area (Å²) in [7, 11) is 0. The summed E-state index contributed by atoms with van der Waals surface area (Å²) in [6.07, 6.45) is 2.82. The highest BCUT2D eigenvalue weighted by atomic mass is 79.9. The van der Waals surface area contributed by atoms with Gasteiger partial charge < -0.3 is 0 Å². The molecule has 1 nitrogen and oxygen atoms in total. The Kier molecular flexibility index (Phi) is 4.77. The summed E-state index contributed by atoms with van der Waals surface area (Å²) in [6.45, 7) is 0.790. The first-order chi connectivity index (χ1) is 8.25. The molecule has 17 heavy (non-hydrogen) atoms. The minimum Gasteiger partial charge on any atom is -0.291 e. The summed E-state index contributed by atoms with van der Waals surface area (Å²) in [5.74, 6) is 0. The van der Waals surface area contributed by atoms with Gasteiger partial charge in [0.2, 0.25) is 0 Å². The average molecular weight is 329 g/mol. The molecule has 1 aromatic carbocycles. The molecule has 2 aromatic rings. The molecule has 0 spiro atoms. The van der Waals surface area contributed by atoms with Crippen LogP contribution in [0.25, 0.3) is 0 Å². The van der Waals surface area contributed by atoms with Gasteiger partial charge in [-0.2, -0.15) is 0 Å². The Morgan fingerprint density at radius 2 is 2.06 bits per heavy atom. The van der Waals surface area contributed by atoms with Gasteiger partial charge in [0.15, 0.2) is 0 Å². The van der Waals surface area contributed by atoms with Crippen LogP contribution in [-0.4, -0.2) is 12.8 Å². The van der Waals surface area contributed by atoms with Crippen molar-refractivity contribution in [3.63, 3.8) is 0 Å². The van der Waals surface area contributed by atoms with Gasteiger partial charge in [-0.25, -0.2) is 0 Å². The number of aliphatic imine (C=N–C) groups is 1. The van der Waals surface area contributed by atoms with Crippen molar-refractivity contribution < 1.29 is 0 Å². The van der Waals surface area contributed by atoms with Crippen molar-refractivity contribution >= 4 is 45.1 Å². The Bertz CT molecular complexity index is 522. The zero-order valence-corrected chi connectivity index (χ0v) is 12.2. The predicted molar refractivity (Wildman–Crippen MR) is 79.6 cm³/mol. The maximum atomic E-state index is 5.84. The van der Waals surface area contributed by atoms with Crippen LogP contribution in [0.15, 0.2) is 45.9 Å². The largest absolute Gasteiger partial charge is 0.291 e. The second-order valence-corrected chi connectivity index (χ2v) is 6.12.